The largest absolute Gasteiger partial charge is 0.496 e. The lowest BCUT2D eigenvalue weighted by molar-refractivity contribution is -0.126. The van der Waals surface area contributed by atoms with Crippen molar-refractivity contribution in [2.24, 2.45) is 11.8 Å². The molecular formula is C18H25Cl2N3O3. The number of nitrogen functional groups attached to an aromatic ring is 1. The van der Waals surface area contributed by atoms with Crippen LogP contribution in [0.25, 0.3) is 0 Å². The second kappa shape index (κ2) is 8.82. The molecule has 6 nitrogen and oxygen atoms in total. The van der Waals surface area contributed by atoms with E-state index < -0.39 is 0 Å². The quantitative estimate of drug-likeness (QED) is 0.742. The van der Waals surface area contributed by atoms with Crippen molar-refractivity contribution in [3.63, 3.8) is 0 Å². The van der Waals surface area contributed by atoms with E-state index in [9.17, 15) is 9.59 Å². The van der Waals surface area contributed by atoms with Gasteiger partial charge in [0.15, 0.2) is 0 Å². The molecule has 1 heterocycles. The molecule has 2 amide bonds. The first-order chi connectivity index (χ1) is 12.0. The molecule has 8 heteroatoms. The highest BCUT2D eigenvalue weighted by atomic mass is 35.5. The average molecular weight is 402 g/mol. The van der Waals surface area contributed by atoms with Gasteiger partial charge in [0, 0.05) is 25.7 Å². The number of anilines is 1. The highest BCUT2D eigenvalue weighted by Gasteiger charge is 2.31. The zero-order valence-corrected chi connectivity index (χ0v) is 16.4. The Morgan fingerprint density at radius 3 is 2.73 bits per heavy atom. The molecule has 0 aromatic heterocycles. The molecule has 0 bridgehead atoms. The van der Waals surface area contributed by atoms with Gasteiger partial charge in [0.1, 0.15) is 5.75 Å². The molecule has 1 saturated carbocycles. The number of amides is 2. The number of halogens is 2. The van der Waals surface area contributed by atoms with E-state index in [-0.39, 0.29) is 30.1 Å². The molecule has 0 radical (unpaired) electrons. The highest BCUT2D eigenvalue weighted by Crippen LogP contribution is 2.31. The maximum absolute atomic E-state index is 12.9. The summed E-state index contributed by atoms with van der Waals surface area (Å²) >= 11 is 6.07. The summed E-state index contributed by atoms with van der Waals surface area (Å²) < 4.78 is 5.27. The van der Waals surface area contributed by atoms with Crippen molar-refractivity contribution < 1.29 is 14.3 Å². The maximum Gasteiger partial charge on any atom is 0.257 e. The molecule has 1 saturated heterocycles. The minimum absolute atomic E-state index is 0. The summed E-state index contributed by atoms with van der Waals surface area (Å²) in [6, 6.07) is 3.09. The second-order valence-electron chi connectivity index (χ2n) is 6.85. The lowest BCUT2D eigenvalue weighted by atomic mass is 9.96. The number of hydrogen-bond acceptors (Lipinski definition) is 4. The molecule has 1 atom stereocenters. The fourth-order valence-corrected chi connectivity index (χ4v) is 3.33. The minimum Gasteiger partial charge on any atom is -0.496 e. The van der Waals surface area contributed by atoms with E-state index in [1.807, 2.05) is 0 Å². The number of hydrogen-bond donors (Lipinski definition) is 2. The number of nitrogens with one attached hydrogen (secondary N) is 1. The molecule has 26 heavy (non-hydrogen) atoms. The number of benzene rings is 1. The molecule has 3 rings (SSSR count). The predicted octanol–water partition coefficient (Wildman–Crippen LogP) is 2.73. The van der Waals surface area contributed by atoms with Crippen molar-refractivity contribution in [1.82, 2.24) is 10.2 Å². The lowest BCUT2D eigenvalue weighted by Crippen LogP contribution is -2.45. The zero-order chi connectivity index (χ0) is 18.0. The number of likely N-dealkylation sites (tertiary alicyclic amines) is 1. The van der Waals surface area contributed by atoms with Crippen LogP contribution >= 0.6 is 24.0 Å². The predicted molar refractivity (Wildman–Crippen MR) is 104 cm³/mol. The first-order valence-electron chi connectivity index (χ1n) is 8.69. The van der Waals surface area contributed by atoms with Gasteiger partial charge in [-0.2, -0.15) is 0 Å². The summed E-state index contributed by atoms with van der Waals surface area (Å²) in [6.07, 6.45) is 4.01. The molecule has 1 aliphatic carbocycles. The summed E-state index contributed by atoms with van der Waals surface area (Å²) in [7, 11) is 1.49. The molecular weight excluding hydrogens is 377 g/mol. The van der Waals surface area contributed by atoms with E-state index in [2.05, 4.69) is 5.32 Å². The monoisotopic (exact) mass is 401 g/mol. The Balaban J connectivity index is 0.00000243. The first kappa shape index (κ1) is 20.6. The number of piperidine rings is 1. The van der Waals surface area contributed by atoms with E-state index in [4.69, 9.17) is 22.1 Å². The Morgan fingerprint density at radius 1 is 1.35 bits per heavy atom. The van der Waals surface area contributed by atoms with Crippen molar-refractivity contribution in [1.29, 1.82) is 0 Å². The van der Waals surface area contributed by atoms with Crippen LogP contribution in [0.2, 0.25) is 5.02 Å². The summed E-state index contributed by atoms with van der Waals surface area (Å²) in [5, 5.41) is 3.33. The topological polar surface area (TPSA) is 84.7 Å². The van der Waals surface area contributed by atoms with Crippen LogP contribution in [-0.4, -0.2) is 43.5 Å². The molecule has 144 valence electrons. The molecule has 1 unspecified atom stereocenters. The third kappa shape index (κ3) is 4.74. The number of nitrogens with two attached hydrogens (primary N) is 1. The van der Waals surface area contributed by atoms with Gasteiger partial charge >= 0.3 is 0 Å². The van der Waals surface area contributed by atoms with Crippen LogP contribution in [0.5, 0.6) is 5.75 Å². The van der Waals surface area contributed by atoms with Crippen molar-refractivity contribution in [2.45, 2.75) is 25.7 Å². The smallest absolute Gasteiger partial charge is 0.257 e. The van der Waals surface area contributed by atoms with Gasteiger partial charge in [0.25, 0.3) is 5.91 Å². The molecule has 1 aromatic carbocycles. The zero-order valence-electron chi connectivity index (χ0n) is 14.8. The van der Waals surface area contributed by atoms with Crippen molar-refractivity contribution >= 4 is 41.5 Å². The van der Waals surface area contributed by atoms with Crippen molar-refractivity contribution in [3.05, 3.63) is 22.7 Å². The lowest BCUT2D eigenvalue weighted by Gasteiger charge is -2.32. The second-order valence-corrected chi connectivity index (χ2v) is 7.26. The van der Waals surface area contributed by atoms with Gasteiger partial charge < -0.3 is 20.7 Å². The Hall–Kier alpha value is -1.66. The van der Waals surface area contributed by atoms with Crippen LogP contribution in [0.1, 0.15) is 36.0 Å². The minimum atomic E-state index is -0.182. The molecule has 2 fully saturated rings. The Labute approximate surface area is 164 Å². The van der Waals surface area contributed by atoms with Crippen LogP contribution in [0, 0.1) is 11.8 Å². The summed E-state index contributed by atoms with van der Waals surface area (Å²) in [5.74, 6) is 0.746. The standard InChI is InChI=1S/C18H24ClN3O3.ClH/c1-25-16-8-15(20)14(19)7-13(16)18(24)22-6-2-3-12(10-22)17(23)21-9-11-4-5-11;/h7-8,11-12H,2-6,9-10,20H2,1H3,(H,21,23);1H. The third-order valence-corrected chi connectivity index (χ3v) is 5.22. The fourth-order valence-electron chi connectivity index (χ4n) is 3.16. The van der Waals surface area contributed by atoms with Crippen molar-refractivity contribution in [3.8, 4) is 5.75 Å². The maximum atomic E-state index is 12.9. The van der Waals surface area contributed by atoms with E-state index in [1.54, 1.807) is 11.0 Å². The molecule has 2 aliphatic rings. The molecule has 1 aromatic rings. The number of carbonyl (C=O) groups is 2. The normalized spacial score (nSPS) is 19.5. The summed E-state index contributed by atoms with van der Waals surface area (Å²) in [6.45, 7) is 1.79. The highest BCUT2D eigenvalue weighted by molar-refractivity contribution is 6.33. The van der Waals surface area contributed by atoms with E-state index in [0.717, 1.165) is 19.4 Å². The van der Waals surface area contributed by atoms with E-state index in [0.29, 0.717) is 41.0 Å². The van der Waals surface area contributed by atoms with Gasteiger partial charge in [-0.15, -0.1) is 12.4 Å². The first-order valence-corrected chi connectivity index (χ1v) is 9.07. The Kier molecular flexibility index (Phi) is 7.01. The number of carbonyl (C=O) groups excluding carboxylic acids is 2. The van der Waals surface area contributed by atoms with Crippen molar-refractivity contribution in [2.75, 3.05) is 32.5 Å². The van der Waals surface area contributed by atoms with Crippen LogP contribution in [0.15, 0.2) is 12.1 Å². The Bertz CT molecular complexity index is 680. The number of ether oxygens (including phenoxy) is 1. The van der Waals surface area contributed by atoms with Gasteiger partial charge in [-0.1, -0.05) is 11.6 Å². The fraction of sp³-hybridized carbons (Fsp3) is 0.556. The van der Waals surface area contributed by atoms with Gasteiger partial charge in [-0.05, 0) is 37.7 Å². The number of nitrogens with zero attached hydrogens (tertiary/aromatic N) is 1. The SMILES string of the molecule is COc1cc(N)c(Cl)cc1C(=O)N1CCCC(C(=O)NCC2CC2)C1.Cl. The van der Waals surface area contributed by atoms with E-state index >= 15 is 0 Å². The number of rotatable bonds is 5. The van der Waals surface area contributed by atoms with Gasteiger partial charge in [-0.25, -0.2) is 0 Å². The van der Waals surface area contributed by atoms with E-state index in [1.165, 1.54) is 26.0 Å². The molecule has 1 aliphatic heterocycles. The summed E-state index contributed by atoms with van der Waals surface area (Å²) in [4.78, 5) is 27.0. The van der Waals surface area contributed by atoms with Gasteiger partial charge in [0.05, 0.1) is 29.3 Å². The third-order valence-electron chi connectivity index (χ3n) is 4.89. The van der Waals surface area contributed by atoms with Crippen LogP contribution < -0.4 is 15.8 Å². The van der Waals surface area contributed by atoms with Crippen LogP contribution in [0.3, 0.4) is 0 Å². The van der Waals surface area contributed by atoms with Gasteiger partial charge in [0.2, 0.25) is 5.91 Å². The molecule has 3 N–H and O–H groups in total. The Morgan fingerprint density at radius 2 is 2.08 bits per heavy atom. The molecule has 0 spiro atoms. The van der Waals surface area contributed by atoms with Crippen LogP contribution in [-0.2, 0) is 4.79 Å². The summed E-state index contributed by atoms with van der Waals surface area (Å²) in [5.41, 5.74) is 6.52. The van der Waals surface area contributed by atoms with Crippen LogP contribution in [0.4, 0.5) is 5.69 Å². The van der Waals surface area contributed by atoms with Gasteiger partial charge in [-0.3, -0.25) is 9.59 Å². The average Bonchev–Trinajstić information content (AvgIpc) is 3.45. The number of methoxy groups -OCH3 is 1.